The van der Waals surface area contributed by atoms with Crippen molar-refractivity contribution in [1.29, 1.82) is 0 Å². The summed E-state index contributed by atoms with van der Waals surface area (Å²) in [6.07, 6.45) is 7.02. The van der Waals surface area contributed by atoms with Crippen LogP contribution in [-0.2, 0) is 6.42 Å². The molecule has 0 saturated heterocycles. The first-order chi connectivity index (χ1) is 10.7. The van der Waals surface area contributed by atoms with Crippen LogP contribution in [0.1, 0.15) is 57.3 Å². The van der Waals surface area contributed by atoms with Crippen molar-refractivity contribution in [2.75, 3.05) is 0 Å². The van der Waals surface area contributed by atoms with Crippen LogP contribution in [0.4, 0.5) is 0 Å². The number of aromatic nitrogens is 2. The molecule has 22 heavy (non-hydrogen) atoms. The van der Waals surface area contributed by atoms with Crippen molar-refractivity contribution in [2.24, 2.45) is 5.73 Å². The van der Waals surface area contributed by atoms with E-state index in [1.54, 1.807) is 0 Å². The summed E-state index contributed by atoms with van der Waals surface area (Å²) < 4.78 is 1.98. The largest absolute Gasteiger partial charge is 0.328 e. The van der Waals surface area contributed by atoms with Gasteiger partial charge in [0.25, 0.3) is 5.56 Å². The van der Waals surface area contributed by atoms with E-state index in [1.807, 2.05) is 28.8 Å². The number of benzene rings is 1. The molecule has 2 aromatic rings. The van der Waals surface area contributed by atoms with Crippen molar-refractivity contribution in [3.8, 4) is 0 Å². The predicted molar refractivity (Wildman–Crippen MR) is 90.1 cm³/mol. The maximum atomic E-state index is 13.0. The lowest BCUT2D eigenvalue weighted by Crippen LogP contribution is -2.34. The highest BCUT2D eigenvalue weighted by Crippen LogP contribution is 2.28. The van der Waals surface area contributed by atoms with E-state index >= 15 is 0 Å². The Balaban J connectivity index is 2.08. The molecule has 1 heterocycles. The van der Waals surface area contributed by atoms with Crippen LogP contribution in [0.2, 0.25) is 0 Å². The van der Waals surface area contributed by atoms with Gasteiger partial charge in [-0.3, -0.25) is 9.36 Å². The van der Waals surface area contributed by atoms with Crippen LogP contribution >= 0.6 is 0 Å². The Hall–Kier alpha value is -1.68. The second-order valence-electron chi connectivity index (χ2n) is 6.39. The van der Waals surface area contributed by atoms with Crippen molar-refractivity contribution in [3.63, 3.8) is 0 Å². The van der Waals surface area contributed by atoms with E-state index in [1.165, 1.54) is 0 Å². The van der Waals surface area contributed by atoms with Gasteiger partial charge in [0, 0.05) is 18.5 Å². The summed E-state index contributed by atoms with van der Waals surface area (Å²) in [5.41, 5.74) is 6.96. The third-order valence-corrected chi connectivity index (χ3v) is 4.74. The molecule has 2 N–H and O–H groups in total. The average molecular weight is 299 g/mol. The van der Waals surface area contributed by atoms with Gasteiger partial charge in [0.15, 0.2) is 0 Å². The molecule has 4 heteroatoms. The van der Waals surface area contributed by atoms with Gasteiger partial charge in [-0.15, -0.1) is 0 Å². The van der Waals surface area contributed by atoms with Gasteiger partial charge in [-0.1, -0.05) is 25.5 Å². The number of para-hydroxylation sites is 1. The molecular formula is C18H25N3O. The van der Waals surface area contributed by atoms with E-state index in [4.69, 9.17) is 10.7 Å². The fourth-order valence-electron chi connectivity index (χ4n) is 3.44. The Morgan fingerprint density at radius 2 is 1.95 bits per heavy atom. The molecule has 0 radical (unpaired) electrons. The van der Waals surface area contributed by atoms with Gasteiger partial charge < -0.3 is 5.73 Å². The monoisotopic (exact) mass is 299 g/mol. The standard InChI is InChI=1S/C18H25N3O/c1-2-3-8-17-20-16-7-5-4-6-15(16)18(22)21(17)14-11-9-13(19)10-12-14/h4-7,13-14H,2-3,8-12,19H2,1H3. The summed E-state index contributed by atoms with van der Waals surface area (Å²) in [5, 5.41) is 0.734. The van der Waals surface area contributed by atoms with Crippen molar-refractivity contribution in [2.45, 2.75) is 64.0 Å². The molecule has 0 amide bonds. The number of aryl methyl sites for hydroxylation is 1. The van der Waals surface area contributed by atoms with Gasteiger partial charge in [0.05, 0.1) is 10.9 Å². The van der Waals surface area contributed by atoms with E-state index in [0.29, 0.717) is 6.04 Å². The highest BCUT2D eigenvalue weighted by Gasteiger charge is 2.24. The molecule has 0 bridgehead atoms. The van der Waals surface area contributed by atoms with E-state index in [9.17, 15) is 4.79 Å². The zero-order valence-corrected chi connectivity index (χ0v) is 13.3. The maximum Gasteiger partial charge on any atom is 0.261 e. The molecule has 0 aliphatic heterocycles. The van der Waals surface area contributed by atoms with E-state index < -0.39 is 0 Å². The Kier molecular flexibility index (Phi) is 4.57. The van der Waals surface area contributed by atoms with E-state index in [2.05, 4.69) is 6.92 Å². The number of fused-ring (bicyclic) bond motifs is 1. The predicted octanol–water partition coefficient (Wildman–Crippen LogP) is 3.18. The minimum absolute atomic E-state index is 0.122. The maximum absolute atomic E-state index is 13.0. The molecule has 1 aliphatic carbocycles. The summed E-state index contributed by atoms with van der Waals surface area (Å²) >= 11 is 0. The first kappa shape index (κ1) is 15.2. The third-order valence-electron chi connectivity index (χ3n) is 4.74. The number of nitrogens with zero attached hydrogens (tertiary/aromatic N) is 2. The molecule has 3 rings (SSSR count). The van der Waals surface area contributed by atoms with Crippen LogP contribution in [0.3, 0.4) is 0 Å². The number of nitrogens with two attached hydrogens (primary N) is 1. The lowest BCUT2D eigenvalue weighted by Gasteiger charge is -2.29. The minimum atomic E-state index is 0.122. The van der Waals surface area contributed by atoms with Gasteiger partial charge in [0.2, 0.25) is 0 Å². The van der Waals surface area contributed by atoms with Crippen LogP contribution in [0.5, 0.6) is 0 Å². The normalized spacial score (nSPS) is 22.1. The first-order valence-electron chi connectivity index (χ1n) is 8.46. The van der Waals surface area contributed by atoms with E-state index in [-0.39, 0.29) is 11.6 Å². The molecule has 0 atom stereocenters. The fraction of sp³-hybridized carbons (Fsp3) is 0.556. The Morgan fingerprint density at radius 3 is 2.68 bits per heavy atom. The number of hydrogen-bond donors (Lipinski definition) is 1. The van der Waals surface area contributed by atoms with Gasteiger partial charge in [-0.25, -0.2) is 4.98 Å². The molecular weight excluding hydrogens is 274 g/mol. The minimum Gasteiger partial charge on any atom is -0.328 e. The molecule has 0 unspecified atom stereocenters. The zero-order valence-electron chi connectivity index (χ0n) is 13.3. The highest BCUT2D eigenvalue weighted by molar-refractivity contribution is 5.77. The van der Waals surface area contributed by atoms with Crippen molar-refractivity contribution < 1.29 is 0 Å². The van der Waals surface area contributed by atoms with Gasteiger partial charge >= 0.3 is 0 Å². The van der Waals surface area contributed by atoms with Gasteiger partial charge in [-0.05, 0) is 44.2 Å². The number of unbranched alkanes of at least 4 members (excludes halogenated alkanes) is 1. The van der Waals surface area contributed by atoms with Gasteiger partial charge in [0.1, 0.15) is 5.82 Å². The van der Waals surface area contributed by atoms with Crippen molar-refractivity contribution in [3.05, 3.63) is 40.4 Å². The van der Waals surface area contributed by atoms with Gasteiger partial charge in [-0.2, -0.15) is 0 Å². The summed E-state index contributed by atoms with van der Waals surface area (Å²) in [5.74, 6) is 0.950. The third kappa shape index (κ3) is 2.93. The molecule has 1 aliphatic rings. The number of hydrogen-bond acceptors (Lipinski definition) is 3. The summed E-state index contributed by atoms with van der Waals surface area (Å²) in [7, 11) is 0. The topological polar surface area (TPSA) is 60.9 Å². The van der Waals surface area contributed by atoms with Crippen LogP contribution in [0, 0.1) is 0 Å². The quantitative estimate of drug-likeness (QED) is 0.943. The Bertz CT molecular complexity index is 699. The lowest BCUT2D eigenvalue weighted by molar-refractivity contribution is 0.310. The second-order valence-corrected chi connectivity index (χ2v) is 6.39. The molecule has 4 nitrogen and oxygen atoms in total. The fourth-order valence-corrected chi connectivity index (χ4v) is 3.44. The number of rotatable bonds is 4. The molecule has 0 spiro atoms. The molecule has 1 saturated carbocycles. The van der Waals surface area contributed by atoms with Crippen LogP contribution in [-0.4, -0.2) is 15.6 Å². The summed E-state index contributed by atoms with van der Waals surface area (Å²) in [6, 6.07) is 8.24. The Morgan fingerprint density at radius 1 is 1.23 bits per heavy atom. The summed E-state index contributed by atoms with van der Waals surface area (Å²) in [6.45, 7) is 2.17. The van der Waals surface area contributed by atoms with Crippen LogP contribution in [0.15, 0.2) is 29.1 Å². The first-order valence-corrected chi connectivity index (χ1v) is 8.46. The molecule has 1 aromatic heterocycles. The van der Waals surface area contributed by atoms with Crippen molar-refractivity contribution >= 4 is 10.9 Å². The highest BCUT2D eigenvalue weighted by atomic mass is 16.1. The molecule has 1 aromatic carbocycles. The van der Waals surface area contributed by atoms with Crippen LogP contribution < -0.4 is 11.3 Å². The smallest absolute Gasteiger partial charge is 0.261 e. The van der Waals surface area contributed by atoms with Crippen LogP contribution in [0.25, 0.3) is 10.9 Å². The summed E-state index contributed by atoms with van der Waals surface area (Å²) in [4.78, 5) is 17.8. The second kappa shape index (κ2) is 6.61. The average Bonchev–Trinajstić information content (AvgIpc) is 2.54. The SMILES string of the molecule is CCCCc1nc2ccccc2c(=O)n1C1CCC(N)CC1. The molecule has 1 fully saturated rings. The lowest BCUT2D eigenvalue weighted by atomic mass is 9.91. The molecule has 118 valence electrons. The van der Waals surface area contributed by atoms with E-state index in [0.717, 1.165) is 61.7 Å². The Labute approximate surface area is 131 Å². The van der Waals surface area contributed by atoms with Crippen molar-refractivity contribution in [1.82, 2.24) is 9.55 Å². The zero-order chi connectivity index (χ0) is 15.5.